The van der Waals surface area contributed by atoms with E-state index < -0.39 is 0 Å². The predicted molar refractivity (Wildman–Crippen MR) is 252 cm³/mol. The van der Waals surface area contributed by atoms with Gasteiger partial charge in [0.1, 0.15) is 5.01 Å². The van der Waals surface area contributed by atoms with Crippen LogP contribution in [0.3, 0.4) is 0 Å². The van der Waals surface area contributed by atoms with Gasteiger partial charge in [-0.05, 0) is 74.8 Å². The summed E-state index contributed by atoms with van der Waals surface area (Å²) in [6.07, 6.45) is 0. The highest BCUT2D eigenvalue weighted by molar-refractivity contribution is 7.21. The van der Waals surface area contributed by atoms with Gasteiger partial charge < -0.3 is 0 Å². The van der Waals surface area contributed by atoms with Crippen LogP contribution in [0.4, 0.5) is 0 Å². The summed E-state index contributed by atoms with van der Waals surface area (Å²) >= 11 is 1.77. The topological polar surface area (TPSA) is 56.5 Å². The predicted octanol–water partition coefficient (Wildman–Crippen LogP) is 14.2. The van der Waals surface area contributed by atoms with Crippen molar-refractivity contribution in [2.75, 3.05) is 0 Å². The number of thiazole rings is 1. The van der Waals surface area contributed by atoms with Gasteiger partial charge in [-0.25, -0.2) is 9.97 Å². The van der Waals surface area contributed by atoms with E-state index >= 15 is 0 Å². The SMILES string of the molecule is CC1(C)c2cc(-c3ccc(-c4nc(-c5ccc(-c6ccccc6)cc5)nc(-n5c6ccccc6c6ccccc65)n4)cc3)ccc2-c2cc3nc(-c4ccccc4)sc3cc21. The molecule has 3 heterocycles. The highest BCUT2D eigenvalue weighted by atomic mass is 32.1. The van der Waals surface area contributed by atoms with E-state index in [4.69, 9.17) is 19.9 Å². The minimum absolute atomic E-state index is 0.157. The first-order chi connectivity index (χ1) is 30.0. The minimum Gasteiger partial charge on any atom is -0.278 e. The number of fused-ring (bicyclic) bond motifs is 7. The Morgan fingerprint density at radius 1 is 0.410 bits per heavy atom. The lowest BCUT2D eigenvalue weighted by Gasteiger charge is -2.22. The second-order valence-corrected chi connectivity index (χ2v) is 17.3. The Kier molecular flexibility index (Phi) is 7.99. The van der Waals surface area contributed by atoms with E-state index in [1.54, 1.807) is 11.3 Å². The molecule has 3 aromatic heterocycles. The van der Waals surface area contributed by atoms with Gasteiger partial charge in [0.05, 0.1) is 21.3 Å². The van der Waals surface area contributed by atoms with Crippen molar-refractivity contribution < 1.29 is 0 Å². The average Bonchev–Trinajstić information content (AvgIpc) is 3.97. The molecule has 0 bridgehead atoms. The maximum Gasteiger partial charge on any atom is 0.238 e. The van der Waals surface area contributed by atoms with Crippen molar-refractivity contribution in [3.8, 4) is 72.7 Å². The van der Waals surface area contributed by atoms with Gasteiger partial charge >= 0.3 is 0 Å². The van der Waals surface area contributed by atoms with Crippen LogP contribution in [0.5, 0.6) is 0 Å². The molecule has 0 aliphatic heterocycles. The first-order valence-electron chi connectivity index (χ1n) is 20.6. The number of hydrogen-bond donors (Lipinski definition) is 0. The van der Waals surface area contributed by atoms with Gasteiger partial charge in [-0.1, -0.05) is 172 Å². The normalized spacial score (nSPS) is 12.9. The number of para-hydroxylation sites is 2. The molecule has 0 spiro atoms. The van der Waals surface area contributed by atoms with Gasteiger partial charge in [0.25, 0.3) is 0 Å². The Labute approximate surface area is 357 Å². The molecule has 0 N–H and O–H groups in total. The molecule has 61 heavy (non-hydrogen) atoms. The summed E-state index contributed by atoms with van der Waals surface area (Å²) in [5.74, 6) is 1.83. The second-order valence-electron chi connectivity index (χ2n) is 16.3. The molecule has 0 saturated carbocycles. The van der Waals surface area contributed by atoms with Crippen molar-refractivity contribution >= 4 is 43.4 Å². The lowest BCUT2D eigenvalue weighted by atomic mass is 9.81. The molecular weight excluding hydrogens is 763 g/mol. The third-order valence-corrected chi connectivity index (χ3v) is 13.4. The number of benzene rings is 8. The van der Waals surface area contributed by atoms with Crippen molar-refractivity contribution in [2.45, 2.75) is 19.3 Å². The fraction of sp³-hybridized carbons (Fsp3) is 0.0545. The van der Waals surface area contributed by atoms with Crippen LogP contribution in [0.25, 0.3) is 105 Å². The van der Waals surface area contributed by atoms with E-state index in [2.05, 4.69) is 200 Å². The standard InChI is InChI=1S/C55H37N5S/c1-55(2)45-31-40(29-30-41(45)44-32-47-50(33-46(44)55)61-53(56-47)39-15-7-4-8-16-39)36-23-27-38(28-24-36)52-57-51(37-25-21-35(22-26-37)34-13-5-3-6-14-34)58-54(59-52)60-48-19-11-9-17-42(48)43-18-10-12-20-49(43)60/h3-33H,1-2H3. The zero-order valence-corrected chi connectivity index (χ0v) is 34.4. The molecule has 11 aromatic rings. The first kappa shape index (κ1) is 35.4. The number of rotatable bonds is 6. The van der Waals surface area contributed by atoms with Crippen molar-refractivity contribution in [1.82, 2.24) is 24.5 Å². The first-order valence-corrected chi connectivity index (χ1v) is 21.4. The maximum atomic E-state index is 5.21. The minimum atomic E-state index is -0.157. The van der Waals surface area contributed by atoms with E-state index in [1.165, 1.54) is 38.1 Å². The highest BCUT2D eigenvalue weighted by Gasteiger charge is 2.36. The van der Waals surface area contributed by atoms with E-state index in [9.17, 15) is 0 Å². The summed E-state index contributed by atoms with van der Waals surface area (Å²) in [6, 6.07) is 66.6. The van der Waals surface area contributed by atoms with Crippen LogP contribution in [0.1, 0.15) is 25.0 Å². The molecule has 5 nitrogen and oxygen atoms in total. The summed E-state index contributed by atoms with van der Waals surface area (Å²) in [7, 11) is 0. The van der Waals surface area contributed by atoms with Crippen molar-refractivity contribution in [2.24, 2.45) is 0 Å². The molecule has 0 amide bonds. The fourth-order valence-corrected chi connectivity index (χ4v) is 10.1. The Bertz CT molecular complexity index is 3420. The summed E-state index contributed by atoms with van der Waals surface area (Å²) in [4.78, 5) is 20.6. The lowest BCUT2D eigenvalue weighted by molar-refractivity contribution is 0.661. The number of aromatic nitrogens is 5. The van der Waals surface area contributed by atoms with Gasteiger partial charge in [-0.3, -0.25) is 4.57 Å². The summed E-state index contributed by atoms with van der Waals surface area (Å²) in [5.41, 5.74) is 15.9. The van der Waals surface area contributed by atoms with Crippen LogP contribution >= 0.6 is 11.3 Å². The third-order valence-electron chi connectivity index (χ3n) is 12.3. The molecule has 8 aromatic carbocycles. The van der Waals surface area contributed by atoms with Crippen LogP contribution < -0.4 is 0 Å². The van der Waals surface area contributed by atoms with E-state index in [0.29, 0.717) is 17.6 Å². The van der Waals surface area contributed by atoms with Gasteiger partial charge in [-0.15, -0.1) is 11.3 Å². The highest BCUT2D eigenvalue weighted by Crippen LogP contribution is 2.51. The zero-order chi connectivity index (χ0) is 40.7. The van der Waals surface area contributed by atoms with Crippen molar-refractivity contribution in [1.29, 1.82) is 0 Å². The molecule has 12 rings (SSSR count). The van der Waals surface area contributed by atoms with Crippen LogP contribution in [-0.2, 0) is 5.41 Å². The second kappa shape index (κ2) is 13.8. The monoisotopic (exact) mass is 799 g/mol. The molecular formula is C55H37N5S. The molecule has 6 heteroatoms. The van der Waals surface area contributed by atoms with Gasteiger partial charge in [0, 0.05) is 32.9 Å². The molecule has 0 radical (unpaired) electrons. The van der Waals surface area contributed by atoms with Gasteiger partial charge in [-0.2, -0.15) is 9.97 Å². The van der Waals surface area contributed by atoms with E-state index in [-0.39, 0.29) is 5.41 Å². The Morgan fingerprint density at radius 3 is 1.52 bits per heavy atom. The Hall–Kier alpha value is -7.54. The molecule has 0 saturated heterocycles. The summed E-state index contributed by atoms with van der Waals surface area (Å²) < 4.78 is 3.39. The summed E-state index contributed by atoms with van der Waals surface area (Å²) in [5, 5.41) is 3.38. The number of hydrogen-bond acceptors (Lipinski definition) is 5. The molecule has 0 atom stereocenters. The molecule has 0 fully saturated rings. The van der Waals surface area contributed by atoms with Gasteiger partial charge in [0.15, 0.2) is 11.6 Å². The van der Waals surface area contributed by atoms with E-state index in [0.717, 1.165) is 60.1 Å². The van der Waals surface area contributed by atoms with Crippen LogP contribution in [0, 0.1) is 0 Å². The van der Waals surface area contributed by atoms with Crippen molar-refractivity contribution in [3.63, 3.8) is 0 Å². The number of nitrogens with zero attached hydrogens (tertiary/aromatic N) is 5. The molecule has 0 unspecified atom stereocenters. The Morgan fingerprint density at radius 2 is 0.902 bits per heavy atom. The lowest BCUT2D eigenvalue weighted by Crippen LogP contribution is -2.14. The summed E-state index contributed by atoms with van der Waals surface area (Å²) in [6.45, 7) is 4.69. The average molecular weight is 800 g/mol. The Balaban J connectivity index is 0.930. The molecule has 1 aliphatic carbocycles. The quantitative estimate of drug-likeness (QED) is 0.168. The third kappa shape index (κ3) is 5.82. The maximum absolute atomic E-state index is 5.21. The van der Waals surface area contributed by atoms with Gasteiger partial charge in [0.2, 0.25) is 5.95 Å². The van der Waals surface area contributed by atoms with Crippen molar-refractivity contribution in [3.05, 3.63) is 199 Å². The smallest absolute Gasteiger partial charge is 0.238 e. The largest absolute Gasteiger partial charge is 0.278 e. The van der Waals surface area contributed by atoms with Crippen LogP contribution in [0.2, 0.25) is 0 Å². The molecule has 288 valence electrons. The van der Waals surface area contributed by atoms with E-state index in [1.807, 2.05) is 6.07 Å². The molecule has 1 aliphatic rings. The fourth-order valence-electron chi connectivity index (χ4n) is 9.15. The zero-order valence-electron chi connectivity index (χ0n) is 33.5. The van der Waals surface area contributed by atoms with Crippen LogP contribution in [-0.4, -0.2) is 24.5 Å². The van der Waals surface area contributed by atoms with Crippen LogP contribution in [0.15, 0.2) is 188 Å².